The van der Waals surface area contributed by atoms with Gasteiger partial charge < -0.3 is 19.7 Å². The van der Waals surface area contributed by atoms with Crippen molar-refractivity contribution in [2.24, 2.45) is 5.92 Å². The van der Waals surface area contributed by atoms with Gasteiger partial charge in [-0.3, -0.25) is 9.59 Å². The Hall–Kier alpha value is -2.60. The predicted molar refractivity (Wildman–Crippen MR) is 91.1 cm³/mol. The SMILES string of the molecule is CC(CO)C(C)NC(=O)c1ccccc1N(C)C(=O)c1ccco1. The maximum Gasteiger partial charge on any atom is 0.293 e. The van der Waals surface area contributed by atoms with Gasteiger partial charge in [0, 0.05) is 19.7 Å². The smallest absolute Gasteiger partial charge is 0.293 e. The molecule has 0 saturated carbocycles. The third kappa shape index (κ3) is 3.83. The van der Waals surface area contributed by atoms with Crippen LogP contribution in [-0.2, 0) is 0 Å². The van der Waals surface area contributed by atoms with Crippen LogP contribution < -0.4 is 10.2 Å². The van der Waals surface area contributed by atoms with Gasteiger partial charge in [0.15, 0.2) is 5.76 Å². The maximum absolute atomic E-state index is 12.6. The molecule has 128 valence electrons. The number of nitrogens with zero attached hydrogens (tertiary/aromatic N) is 1. The molecule has 1 aromatic carbocycles. The van der Waals surface area contributed by atoms with Crippen LogP contribution in [0.2, 0.25) is 0 Å². The number of aliphatic hydroxyl groups excluding tert-OH is 1. The Morgan fingerprint density at radius 2 is 1.92 bits per heavy atom. The lowest BCUT2D eigenvalue weighted by atomic mass is 10.0. The van der Waals surface area contributed by atoms with Crippen LogP contribution in [0.1, 0.15) is 34.8 Å². The molecule has 0 aliphatic rings. The highest BCUT2D eigenvalue weighted by atomic mass is 16.3. The van der Waals surface area contributed by atoms with Crippen molar-refractivity contribution in [3.05, 3.63) is 54.0 Å². The van der Waals surface area contributed by atoms with E-state index in [4.69, 9.17) is 4.42 Å². The molecule has 0 aliphatic carbocycles. The van der Waals surface area contributed by atoms with Crippen LogP contribution in [0, 0.1) is 5.92 Å². The molecular formula is C18H22N2O4. The fourth-order valence-corrected chi connectivity index (χ4v) is 2.22. The first-order valence-electron chi connectivity index (χ1n) is 7.78. The molecule has 0 spiro atoms. The van der Waals surface area contributed by atoms with E-state index < -0.39 is 0 Å². The second-order valence-corrected chi connectivity index (χ2v) is 5.78. The monoisotopic (exact) mass is 330 g/mol. The summed E-state index contributed by atoms with van der Waals surface area (Å²) in [6, 6.07) is 9.88. The molecule has 0 saturated heterocycles. The number of nitrogens with one attached hydrogen (secondary N) is 1. The molecule has 6 heteroatoms. The summed E-state index contributed by atoms with van der Waals surface area (Å²) in [6.07, 6.45) is 1.43. The lowest BCUT2D eigenvalue weighted by Crippen LogP contribution is -2.39. The number of amides is 2. The van der Waals surface area contributed by atoms with Crippen LogP contribution in [-0.4, -0.2) is 36.6 Å². The zero-order valence-electron chi connectivity index (χ0n) is 14.0. The summed E-state index contributed by atoms with van der Waals surface area (Å²) in [7, 11) is 1.59. The Morgan fingerprint density at radius 1 is 1.21 bits per heavy atom. The van der Waals surface area contributed by atoms with Crippen LogP contribution in [0.3, 0.4) is 0 Å². The molecule has 24 heavy (non-hydrogen) atoms. The number of rotatable bonds is 6. The minimum Gasteiger partial charge on any atom is -0.459 e. The van der Waals surface area contributed by atoms with Crippen LogP contribution in [0.5, 0.6) is 0 Å². The van der Waals surface area contributed by atoms with Gasteiger partial charge in [-0.05, 0) is 37.1 Å². The van der Waals surface area contributed by atoms with Crippen LogP contribution in [0.15, 0.2) is 47.1 Å². The number of anilines is 1. The largest absolute Gasteiger partial charge is 0.459 e. The highest BCUT2D eigenvalue weighted by Crippen LogP contribution is 2.21. The van der Waals surface area contributed by atoms with E-state index in [2.05, 4.69) is 5.32 Å². The molecule has 2 aromatic rings. The molecule has 0 radical (unpaired) electrons. The fourth-order valence-electron chi connectivity index (χ4n) is 2.22. The second-order valence-electron chi connectivity index (χ2n) is 5.78. The summed E-state index contributed by atoms with van der Waals surface area (Å²) in [4.78, 5) is 26.4. The molecule has 0 bridgehead atoms. The minimum absolute atomic E-state index is 0.0139. The lowest BCUT2D eigenvalue weighted by molar-refractivity contribution is 0.0917. The van der Waals surface area contributed by atoms with Crippen LogP contribution in [0.4, 0.5) is 5.69 Å². The number of para-hydroxylation sites is 1. The van der Waals surface area contributed by atoms with Crippen LogP contribution >= 0.6 is 0 Å². The van der Waals surface area contributed by atoms with E-state index in [1.54, 1.807) is 43.4 Å². The summed E-state index contributed by atoms with van der Waals surface area (Å²) in [5, 5.41) is 12.1. The number of hydrogen-bond acceptors (Lipinski definition) is 4. The molecule has 2 unspecified atom stereocenters. The summed E-state index contributed by atoms with van der Waals surface area (Å²) in [5.74, 6) is -0.493. The van der Waals surface area contributed by atoms with Crippen molar-refractivity contribution >= 4 is 17.5 Å². The molecule has 6 nitrogen and oxygen atoms in total. The van der Waals surface area contributed by atoms with Crippen molar-refractivity contribution < 1.29 is 19.1 Å². The van der Waals surface area contributed by atoms with Gasteiger partial charge in [0.25, 0.3) is 11.8 Å². The van der Waals surface area contributed by atoms with Crippen molar-refractivity contribution in [1.29, 1.82) is 0 Å². The quantitative estimate of drug-likeness (QED) is 0.851. The van der Waals surface area contributed by atoms with Gasteiger partial charge in [-0.25, -0.2) is 0 Å². The van der Waals surface area contributed by atoms with Gasteiger partial charge in [-0.2, -0.15) is 0 Å². The molecule has 0 fully saturated rings. The first-order chi connectivity index (χ1) is 11.5. The Kier molecular flexibility index (Phi) is 5.76. The van der Waals surface area contributed by atoms with Crippen molar-refractivity contribution in [1.82, 2.24) is 5.32 Å². The molecule has 2 atom stereocenters. The van der Waals surface area contributed by atoms with E-state index in [0.717, 1.165) is 0 Å². The Balaban J connectivity index is 2.23. The molecule has 1 heterocycles. The molecule has 0 aliphatic heterocycles. The molecule has 2 rings (SSSR count). The average molecular weight is 330 g/mol. The van der Waals surface area contributed by atoms with Gasteiger partial charge in [-0.1, -0.05) is 19.1 Å². The van der Waals surface area contributed by atoms with Crippen molar-refractivity contribution in [2.45, 2.75) is 19.9 Å². The number of furan rings is 1. The van der Waals surface area contributed by atoms with Gasteiger partial charge in [0.2, 0.25) is 0 Å². The standard InChI is InChI=1S/C18H22N2O4/c1-12(11-21)13(2)19-17(22)14-7-4-5-8-15(14)20(3)18(23)16-9-6-10-24-16/h4-10,12-13,21H,11H2,1-3H3,(H,19,22). The number of carbonyl (C=O) groups excluding carboxylic acids is 2. The highest BCUT2D eigenvalue weighted by molar-refractivity contribution is 6.09. The first kappa shape index (κ1) is 17.7. The third-order valence-corrected chi connectivity index (χ3v) is 4.05. The third-order valence-electron chi connectivity index (χ3n) is 4.05. The first-order valence-corrected chi connectivity index (χ1v) is 7.78. The number of hydrogen-bond donors (Lipinski definition) is 2. The van der Waals surface area contributed by atoms with E-state index >= 15 is 0 Å². The second kappa shape index (κ2) is 7.79. The van der Waals surface area contributed by atoms with E-state index in [1.165, 1.54) is 11.2 Å². The van der Waals surface area contributed by atoms with Crippen molar-refractivity contribution in [3.8, 4) is 0 Å². The Labute approximate surface area is 141 Å². The molecule has 1 aromatic heterocycles. The lowest BCUT2D eigenvalue weighted by Gasteiger charge is -2.22. The topological polar surface area (TPSA) is 82.8 Å². The number of carbonyl (C=O) groups is 2. The van der Waals surface area contributed by atoms with E-state index in [0.29, 0.717) is 11.3 Å². The number of benzene rings is 1. The Bertz CT molecular complexity index is 697. The summed E-state index contributed by atoms with van der Waals surface area (Å²) < 4.78 is 5.13. The van der Waals surface area contributed by atoms with Crippen molar-refractivity contribution in [3.63, 3.8) is 0 Å². The van der Waals surface area contributed by atoms with E-state index in [9.17, 15) is 14.7 Å². The highest BCUT2D eigenvalue weighted by Gasteiger charge is 2.22. The normalized spacial score (nSPS) is 13.2. The van der Waals surface area contributed by atoms with Gasteiger partial charge in [0.1, 0.15) is 0 Å². The van der Waals surface area contributed by atoms with Gasteiger partial charge >= 0.3 is 0 Å². The zero-order chi connectivity index (χ0) is 17.7. The van der Waals surface area contributed by atoms with Gasteiger partial charge in [-0.15, -0.1) is 0 Å². The summed E-state index contributed by atoms with van der Waals surface area (Å²) >= 11 is 0. The van der Waals surface area contributed by atoms with Crippen molar-refractivity contribution in [2.75, 3.05) is 18.6 Å². The van der Waals surface area contributed by atoms with Crippen LogP contribution in [0.25, 0.3) is 0 Å². The van der Waals surface area contributed by atoms with Gasteiger partial charge in [0.05, 0.1) is 17.5 Å². The molecule has 2 N–H and O–H groups in total. The fraction of sp³-hybridized carbons (Fsp3) is 0.333. The average Bonchev–Trinajstić information content (AvgIpc) is 3.14. The molecular weight excluding hydrogens is 308 g/mol. The number of aliphatic hydroxyl groups is 1. The Morgan fingerprint density at radius 3 is 2.54 bits per heavy atom. The summed E-state index contributed by atoms with van der Waals surface area (Å²) in [5.41, 5.74) is 0.872. The zero-order valence-corrected chi connectivity index (χ0v) is 14.0. The maximum atomic E-state index is 12.6. The van der Waals surface area contributed by atoms with E-state index in [-0.39, 0.29) is 36.1 Å². The minimum atomic E-state index is -0.336. The molecule has 2 amide bonds. The van der Waals surface area contributed by atoms with E-state index in [1.807, 2.05) is 13.8 Å². The summed E-state index contributed by atoms with van der Waals surface area (Å²) in [6.45, 7) is 3.67. The predicted octanol–water partition coefficient (Wildman–Crippen LogP) is 2.30.